The van der Waals surface area contributed by atoms with E-state index >= 15 is 0 Å². The van der Waals surface area contributed by atoms with Gasteiger partial charge in [0.2, 0.25) is 11.8 Å². The van der Waals surface area contributed by atoms with E-state index in [1.807, 2.05) is 6.07 Å². The van der Waals surface area contributed by atoms with E-state index in [9.17, 15) is 37.6 Å². The predicted octanol–water partition coefficient (Wildman–Crippen LogP) is 4.45. The molecule has 1 fully saturated rings. The van der Waals surface area contributed by atoms with E-state index in [1.165, 1.54) is 12.1 Å². The standard InChI is InChI=1S/C24H22F3N5O4.C5H12/c25-24(26,27)15-31(23(36)22(35)30-18-9-5-2-6-10-18)14-20(33)32-13-16(11-19(32)12-28)21(34)29-17-7-3-1-4-8-17;1-5(2,3)4/h1-10,16,19H,11,13-15H2,(H,29,34)(H,30,35);1-4H3. The number of para-hydroxylation sites is 2. The molecule has 2 aromatic rings. The van der Waals surface area contributed by atoms with Crippen molar-refractivity contribution >= 4 is 35.0 Å². The number of nitrogens with zero attached hydrogens (tertiary/aromatic N) is 3. The van der Waals surface area contributed by atoms with Crippen molar-refractivity contribution in [1.82, 2.24) is 9.80 Å². The molecule has 4 amide bonds. The van der Waals surface area contributed by atoms with E-state index in [0.29, 0.717) is 11.1 Å². The highest BCUT2D eigenvalue weighted by molar-refractivity contribution is 6.39. The summed E-state index contributed by atoms with van der Waals surface area (Å²) in [5.41, 5.74) is 1.19. The molecular weight excluding hydrogens is 539 g/mol. The Hall–Kier alpha value is -4.40. The van der Waals surface area contributed by atoms with Gasteiger partial charge in [-0.25, -0.2) is 0 Å². The summed E-state index contributed by atoms with van der Waals surface area (Å²) in [6.07, 6.45) is -4.91. The molecule has 3 rings (SSSR count). The molecule has 0 bridgehead atoms. The van der Waals surface area contributed by atoms with Gasteiger partial charge in [0, 0.05) is 17.9 Å². The summed E-state index contributed by atoms with van der Waals surface area (Å²) in [5, 5.41) is 14.3. The first-order chi connectivity index (χ1) is 19.1. The molecule has 41 heavy (non-hydrogen) atoms. The summed E-state index contributed by atoms with van der Waals surface area (Å²) in [6.45, 7) is 5.59. The third-order valence-electron chi connectivity index (χ3n) is 5.39. The van der Waals surface area contributed by atoms with Crippen molar-refractivity contribution in [3.63, 3.8) is 0 Å². The van der Waals surface area contributed by atoms with Gasteiger partial charge < -0.3 is 20.4 Å². The number of amides is 4. The maximum absolute atomic E-state index is 13.1. The van der Waals surface area contributed by atoms with Gasteiger partial charge in [-0.3, -0.25) is 19.2 Å². The Morgan fingerprint density at radius 2 is 1.41 bits per heavy atom. The molecule has 1 aliphatic rings. The highest BCUT2D eigenvalue weighted by Crippen LogP contribution is 2.25. The van der Waals surface area contributed by atoms with Crippen molar-refractivity contribution in [2.75, 3.05) is 30.3 Å². The number of carbonyl (C=O) groups excluding carboxylic acids is 4. The van der Waals surface area contributed by atoms with E-state index in [1.54, 1.807) is 48.5 Å². The number of nitriles is 1. The van der Waals surface area contributed by atoms with Crippen LogP contribution < -0.4 is 10.6 Å². The van der Waals surface area contributed by atoms with Gasteiger partial charge in [0.05, 0.1) is 12.0 Å². The largest absolute Gasteiger partial charge is 0.406 e. The SMILES string of the molecule is CC(C)(C)C.N#CC1CC(C(=O)Nc2ccccc2)CN1C(=O)CN(CC(F)(F)F)C(=O)C(=O)Nc1ccccc1. The molecule has 220 valence electrons. The quantitative estimate of drug-likeness (QED) is 0.495. The molecule has 0 spiro atoms. The lowest BCUT2D eigenvalue weighted by Crippen LogP contribution is -2.50. The monoisotopic (exact) mass is 573 g/mol. The topological polar surface area (TPSA) is 123 Å². The Balaban J connectivity index is 0.00000108. The van der Waals surface area contributed by atoms with E-state index in [0.717, 1.165) is 4.90 Å². The van der Waals surface area contributed by atoms with Crippen molar-refractivity contribution in [3.8, 4) is 6.07 Å². The Labute approximate surface area is 237 Å². The van der Waals surface area contributed by atoms with Gasteiger partial charge >= 0.3 is 18.0 Å². The number of carbonyl (C=O) groups is 4. The lowest BCUT2D eigenvalue weighted by atomic mass is 10.0. The zero-order valence-corrected chi connectivity index (χ0v) is 23.4. The van der Waals surface area contributed by atoms with Crippen molar-refractivity contribution in [3.05, 3.63) is 60.7 Å². The van der Waals surface area contributed by atoms with Crippen LogP contribution in [0.2, 0.25) is 0 Å². The number of rotatable bonds is 6. The third-order valence-corrected chi connectivity index (χ3v) is 5.39. The fourth-order valence-electron chi connectivity index (χ4n) is 3.71. The summed E-state index contributed by atoms with van der Waals surface area (Å²) < 4.78 is 39.4. The van der Waals surface area contributed by atoms with Crippen LogP contribution in [0.15, 0.2) is 60.7 Å². The van der Waals surface area contributed by atoms with Crippen LogP contribution in [-0.4, -0.2) is 65.3 Å². The van der Waals surface area contributed by atoms with Crippen LogP contribution in [0.1, 0.15) is 34.1 Å². The van der Waals surface area contributed by atoms with Gasteiger partial charge in [0.25, 0.3) is 0 Å². The third kappa shape index (κ3) is 11.7. The number of nitrogens with one attached hydrogen (secondary N) is 2. The first-order valence-corrected chi connectivity index (χ1v) is 12.8. The Kier molecular flexibility index (Phi) is 11.4. The number of anilines is 2. The number of benzene rings is 2. The zero-order valence-electron chi connectivity index (χ0n) is 23.4. The molecule has 12 heteroatoms. The highest BCUT2D eigenvalue weighted by atomic mass is 19.4. The molecule has 1 saturated heterocycles. The maximum atomic E-state index is 13.1. The van der Waals surface area contributed by atoms with Gasteiger partial charge in [0.15, 0.2) is 0 Å². The van der Waals surface area contributed by atoms with Crippen LogP contribution in [-0.2, 0) is 19.2 Å². The molecule has 2 aromatic carbocycles. The minimum atomic E-state index is -4.89. The smallest absolute Gasteiger partial charge is 0.326 e. The van der Waals surface area contributed by atoms with Crippen LogP contribution >= 0.6 is 0 Å². The lowest BCUT2D eigenvalue weighted by Gasteiger charge is -2.26. The number of halogens is 3. The minimum Gasteiger partial charge on any atom is -0.326 e. The van der Waals surface area contributed by atoms with Gasteiger partial charge in [-0.05, 0) is 36.1 Å². The number of alkyl halides is 3. The van der Waals surface area contributed by atoms with Crippen molar-refractivity contribution in [1.29, 1.82) is 5.26 Å². The Bertz CT molecular complexity index is 1240. The number of hydrogen-bond acceptors (Lipinski definition) is 5. The van der Waals surface area contributed by atoms with Gasteiger partial charge in [-0.1, -0.05) is 64.1 Å². The summed E-state index contributed by atoms with van der Waals surface area (Å²) in [5.74, 6) is -5.14. The van der Waals surface area contributed by atoms with Crippen LogP contribution in [0.3, 0.4) is 0 Å². The van der Waals surface area contributed by atoms with E-state index in [4.69, 9.17) is 0 Å². The maximum Gasteiger partial charge on any atom is 0.406 e. The predicted molar refractivity (Wildman–Crippen MR) is 147 cm³/mol. The molecule has 1 heterocycles. The normalized spacial score (nSPS) is 16.5. The molecule has 2 atom stereocenters. The molecular formula is C29H34F3N5O4. The average molecular weight is 574 g/mol. The van der Waals surface area contributed by atoms with Crippen molar-refractivity contribution in [2.24, 2.45) is 11.3 Å². The summed E-state index contributed by atoms with van der Waals surface area (Å²) in [7, 11) is 0. The molecule has 1 aliphatic heterocycles. The molecule has 2 N–H and O–H groups in total. The van der Waals surface area contributed by atoms with E-state index < -0.39 is 54.9 Å². The Morgan fingerprint density at radius 3 is 1.88 bits per heavy atom. The van der Waals surface area contributed by atoms with Crippen LogP contribution in [0, 0.1) is 22.7 Å². The van der Waals surface area contributed by atoms with Crippen LogP contribution in [0.25, 0.3) is 0 Å². The number of hydrogen-bond donors (Lipinski definition) is 2. The molecule has 0 saturated carbocycles. The van der Waals surface area contributed by atoms with Crippen molar-refractivity contribution < 1.29 is 32.3 Å². The minimum absolute atomic E-state index is 0.0252. The first kappa shape index (κ1) is 32.8. The second-order valence-electron chi connectivity index (χ2n) is 11.1. The molecule has 0 aliphatic carbocycles. The van der Waals surface area contributed by atoms with Gasteiger partial charge in [-0.2, -0.15) is 18.4 Å². The second kappa shape index (κ2) is 14.3. The molecule has 2 unspecified atom stereocenters. The van der Waals surface area contributed by atoms with Crippen LogP contribution in [0.4, 0.5) is 24.5 Å². The second-order valence-corrected chi connectivity index (χ2v) is 11.1. The van der Waals surface area contributed by atoms with Crippen LogP contribution in [0.5, 0.6) is 0 Å². The average Bonchev–Trinajstić information content (AvgIpc) is 3.32. The van der Waals surface area contributed by atoms with Crippen molar-refractivity contribution in [2.45, 2.75) is 46.3 Å². The molecule has 0 aromatic heterocycles. The van der Waals surface area contributed by atoms with E-state index in [2.05, 4.69) is 38.3 Å². The lowest BCUT2D eigenvalue weighted by molar-refractivity contribution is -0.166. The number of likely N-dealkylation sites (tertiary alicyclic amines) is 1. The summed E-state index contributed by atoms with van der Waals surface area (Å²) >= 11 is 0. The van der Waals surface area contributed by atoms with Gasteiger partial charge in [-0.15, -0.1) is 0 Å². The summed E-state index contributed by atoms with van der Waals surface area (Å²) in [6, 6.07) is 16.9. The molecule has 0 radical (unpaired) electrons. The first-order valence-electron chi connectivity index (χ1n) is 12.8. The van der Waals surface area contributed by atoms with Gasteiger partial charge in [0.1, 0.15) is 19.1 Å². The zero-order chi connectivity index (χ0) is 30.8. The fraction of sp³-hybridized carbons (Fsp3) is 0.414. The summed E-state index contributed by atoms with van der Waals surface area (Å²) in [4.78, 5) is 51.3. The fourth-order valence-corrected chi connectivity index (χ4v) is 3.71. The van der Waals surface area contributed by atoms with E-state index in [-0.39, 0.29) is 23.6 Å². The highest BCUT2D eigenvalue weighted by Gasteiger charge is 2.42. The Morgan fingerprint density at radius 1 is 0.927 bits per heavy atom. The molecule has 9 nitrogen and oxygen atoms in total.